The molecular weight excluding hydrogens is 224 g/mol. The molecule has 1 aromatic heterocycles. The number of anilines is 1. The van der Waals surface area contributed by atoms with Crippen LogP contribution in [0.25, 0.3) is 0 Å². The second kappa shape index (κ2) is 8.78. The lowest BCUT2D eigenvalue weighted by Gasteiger charge is -2.15. The Morgan fingerprint density at radius 2 is 2.00 bits per heavy atom. The molecule has 18 heavy (non-hydrogen) atoms. The van der Waals surface area contributed by atoms with Crippen LogP contribution in [0.4, 0.5) is 5.69 Å². The van der Waals surface area contributed by atoms with Crippen molar-refractivity contribution in [1.82, 2.24) is 4.98 Å². The molecule has 0 radical (unpaired) electrons. The lowest BCUT2D eigenvalue weighted by Crippen LogP contribution is -2.14. The number of methoxy groups -OCH3 is 1. The van der Waals surface area contributed by atoms with Gasteiger partial charge in [-0.3, -0.25) is 0 Å². The first kappa shape index (κ1) is 14.8. The molecule has 0 aliphatic rings. The molecule has 3 heteroatoms. The summed E-state index contributed by atoms with van der Waals surface area (Å²) in [7, 11) is 1.63. The second-order valence-corrected chi connectivity index (χ2v) is 4.84. The van der Waals surface area contributed by atoms with Crippen LogP contribution in [0, 0.1) is 0 Å². The Balaban J connectivity index is 2.20. The molecule has 3 nitrogen and oxygen atoms in total. The third kappa shape index (κ3) is 5.89. The highest BCUT2D eigenvalue weighted by atomic mass is 16.5. The van der Waals surface area contributed by atoms with Crippen LogP contribution in [0.2, 0.25) is 0 Å². The van der Waals surface area contributed by atoms with Gasteiger partial charge in [0.05, 0.1) is 19.0 Å². The largest absolute Gasteiger partial charge is 0.481 e. The number of unbranched alkanes of at least 4 members (excludes halogenated alkanes) is 4. The Hall–Kier alpha value is -1.25. The molecule has 0 spiro atoms. The van der Waals surface area contributed by atoms with Crippen LogP contribution in [-0.4, -0.2) is 18.1 Å². The molecule has 1 aromatic rings. The van der Waals surface area contributed by atoms with Gasteiger partial charge < -0.3 is 10.1 Å². The van der Waals surface area contributed by atoms with Crippen LogP contribution in [0.5, 0.6) is 5.88 Å². The average Bonchev–Trinajstić information content (AvgIpc) is 2.39. The third-order valence-electron chi connectivity index (χ3n) is 3.10. The van der Waals surface area contributed by atoms with E-state index in [2.05, 4.69) is 24.1 Å². The molecule has 0 saturated carbocycles. The number of nitrogens with zero attached hydrogens (tertiary/aromatic N) is 1. The van der Waals surface area contributed by atoms with Crippen molar-refractivity contribution in [3.8, 4) is 5.88 Å². The molecule has 1 unspecified atom stereocenters. The molecule has 1 atom stereocenters. The van der Waals surface area contributed by atoms with Gasteiger partial charge in [0, 0.05) is 12.1 Å². The molecule has 0 bridgehead atoms. The predicted molar refractivity (Wildman–Crippen MR) is 77.2 cm³/mol. The summed E-state index contributed by atoms with van der Waals surface area (Å²) in [5, 5.41) is 3.47. The van der Waals surface area contributed by atoms with E-state index in [1.807, 2.05) is 18.3 Å². The summed E-state index contributed by atoms with van der Waals surface area (Å²) in [6.07, 6.45) is 9.74. The van der Waals surface area contributed by atoms with Gasteiger partial charge in [0.1, 0.15) is 0 Å². The van der Waals surface area contributed by atoms with Gasteiger partial charge in [-0.1, -0.05) is 39.0 Å². The van der Waals surface area contributed by atoms with Crippen molar-refractivity contribution in [2.45, 2.75) is 58.4 Å². The fraction of sp³-hybridized carbons (Fsp3) is 0.667. The number of hydrogen-bond donors (Lipinski definition) is 1. The lowest BCUT2D eigenvalue weighted by molar-refractivity contribution is 0.398. The highest BCUT2D eigenvalue weighted by Crippen LogP contribution is 2.14. The molecule has 1 rings (SSSR count). The third-order valence-corrected chi connectivity index (χ3v) is 3.10. The predicted octanol–water partition coefficient (Wildman–Crippen LogP) is 4.25. The van der Waals surface area contributed by atoms with Crippen LogP contribution in [0.3, 0.4) is 0 Å². The van der Waals surface area contributed by atoms with Crippen molar-refractivity contribution in [3.05, 3.63) is 18.3 Å². The summed E-state index contributed by atoms with van der Waals surface area (Å²) in [6.45, 7) is 4.48. The molecule has 0 amide bonds. The van der Waals surface area contributed by atoms with Crippen molar-refractivity contribution < 1.29 is 4.74 Å². The van der Waals surface area contributed by atoms with E-state index >= 15 is 0 Å². The van der Waals surface area contributed by atoms with Crippen LogP contribution < -0.4 is 10.1 Å². The van der Waals surface area contributed by atoms with E-state index < -0.39 is 0 Å². The van der Waals surface area contributed by atoms with Gasteiger partial charge in [0.2, 0.25) is 5.88 Å². The van der Waals surface area contributed by atoms with Crippen LogP contribution in [0.15, 0.2) is 18.3 Å². The monoisotopic (exact) mass is 250 g/mol. The Morgan fingerprint density at radius 1 is 1.22 bits per heavy atom. The summed E-state index contributed by atoms with van der Waals surface area (Å²) in [6, 6.07) is 4.40. The Labute approximate surface area is 111 Å². The maximum atomic E-state index is 5.04. The molecule has 0 fully saturated rings. The minimum absolute atomic E-state index is 0.502. The van der Waals surface area contributed by atoms with E-state index in [1.54, 1.807) is 7.11 Å². The van der Waals surface area contributed by atoms with E-state index in [0.717, 1.165) is 5.69 Å². The van der Waals surface area contributed by atoms with Crippen LogP contribution in [0.1, 0.15) is 52.4 Å². The van der Waals surface area contributed by atoms with Gasteiger partial charge in [-0.2, -0.15) is 0 Å². The first-order chi connectivity index (χ1) is 8.76. The maximum Gasteiger partial charge on any atom is 0.213 e. The summed E-state index contributed by atoms with van der Waals surface area (Å²) < 4.78 is 5.04. The highest BCUT2D eigenvalue weighted by molar-refractivity contribution is 5.42. The topological polar surface area (TPSA) is 34.1 Å². The van der Waals surface area contributed by atoms with E-state index in [9.17, 15) is 0 Å². The van der Waals surface area contributed by atoms with E-state index in [0.29, 0.717) is 11.9 Å². The minimum atomic E-state index is 0.502. The lowest BCUT2D eigenvalue weighted by atomic mass is 10.1. The summed E-state index contributed by atoms with van der Waals surface area (Å²) in [4.78, 5) is 4.19. The molecule has 0 aliphatic carbocycles. The van der Waals surface area contributed by atoms with Gasteiger partial charge in [-0.15, -0.1) is 0 Å². The Kier molecular flexibility index (Phi) is 7.23. The number of hydrogen-bond acceptors (Lipinski definition) is 3. The molecule has 0 aromatic carbocycles. The first-order valence-corrected chi connectivity index (χ1v) is 7.02. The van der Waals surface area contributed by atoms with Gasteiger partial charge in [-0.25, -0.2) is 4.98 Å². The molecule has 1 N–H and O–H groups in total. The number of pyridine rings is 1. The summed E-state index contributed by atoms with van der Waals surface area (Å²) in [5.41, 5.74) is 1.07. The molecule has 102 valence electrons. The second-order valence-electron chi connectivity index (χ2n) is 4.84. The summed E-state index contributed by atoms with van der Waals surface area (Å²) in [5.74, 6) is 0.660. The summed E-state index contributed by atoms with van der Waals surface area (Å²) >= 11 is 0. The van der Waals surface area contributed by atoms with Crippen LogP contribution in [-0.2, 0) is 0 Å². The molecule has 0 aliphatic heterocycles. The van der Waals surface area contributed by atoms with Gasteiger partial charge in [0.15, 0.2) is 0 Å². The quantitative estimate of drug-likeness (QED) is 0.665. The fourth-order valence-corrected chi connectivity index (χ4v) is 2.00. The van der Waals surface area contributed by atoms with Crippen molar-refractivity contribution >= 4 is 5.69 Å². The van der Waals surface area contributed by atoms with Gasteiger partial charge >= 0.3 is 0 Å². The number of aromatic nitrogens is 1. The molecule has 1 heterocycles. The van der Waals surface area contributed by atoms with E-state index in [1.165, 1.54) is 38.5 Å². The zero-order valence-electron chi connectivity index (χ0n) is 11.9. The van der Waals surface area contributed by atoms with E-state index in [-0.39, 0.29) is 0 Å². The van der Waals surface area contributed by atoms with Gasteiger partial charge in [-0.05, 0) is 19.4 Å². The number of ether oxygens (including phenoxy) is 1. The smallest absolute Gasteiger partial charge is 0.213 e. The maximum absolute atomic E-state index is 5.04. The molecule has 0 saturated heterocycles. The van der Waals surface area contributed by atoms with Crippen molar-refractivity contribution in [1.29, 1.82) is 0 Å². The van der Waals surface area contributed by atoms with Crippen molar-refractivity contribution in [3.63, 3.8) is 0 Å². The number of nitrogens with one attached hydrogen (secondary N) is 1. The number of rotatable bonds is 9. The molecular formula is C15H26N2O. The normalized spacial score (nSPS) is 12.2. The van der Waals surface area contributed by atoms with E-state index in [4.69, 9.17) is 4.74 Å². The van der Waals surface area contributed by atoms with Crippen LogP contribution >= 0.6 is 0 Å². The fourth-order valence-electron chi connectivity index (χ4n) is 2.00. The van der Waals surface area contributed by atoms with Crippen molar-refractivity contribution in [2.75, 3.05) is 12.4 Å². The highest BCUT2D eigenvalue weighted by Gasteiger charge is 2.02. The Bertz CT molecular complexity index is 311. The average molecular weight is 250 g/mol. The standard InChI is InChI=1S/C15H26N2O/c1-4-5-6-7-8-9-13(2)17-14-10-11-15(18-3)16-12-14/h10-13,17H,4-9H2,1-3H3. The SMILES string of the molecule is CCCCCCCC(C)Nc1ccc(OC)nc1. The Morgan fingerprint density at radius 3 is 2.61 bits per heavy atom. The van der Waals surface area contributed by atoms with Gasteiger partial charge in [0.25, 0.3) is 0 Å². The van der Waals surface area contributed by atoms with Crippen molar-refractivity contribution in [2.24, 2.45) is 0 Å². The zero-order valence-corrected chi connectivity index (χ0v) is 11.9. The zero-order chi connectivity index (χ0) is 13.2. The minimum Gasteiger partial charge on any atom is -0.481 e. The first-order valence-electron chi connectivity index (χ1n) is 7.02.